The molecule has 2 aliphatic rings. The number of anilines is 1. The topological polar surface area (TPSA) is 76.2 Å². The summed E-state index contributed by atoms with van der Waals surface area (Å²) in [5.74, 6) is 1.54. The van der Waals surface area contributed by atoms with Crippen LogP contribution in [0.1, 0.15) is 42.6 Å². The van der Waals surface area contributed by atoms with Gasteiger partial charge in [0.15, 0.2) is 17.3 Å². The van der Waals surface area contributed by atoms with E-state index in [9.17, 15) is 14.4 Å². The molecule has 2 saturated heterocycles. The number of amides is 2. The van der Waals surface area contributed by atoms with Crippen molar-refractivity contribution in [3.8, 4) is 11.5 Å². The molecule has 0 spiro atoms. The van der Waals surface area contributed by atoms with Crippen LogP contribution in [-0.2, 0) is 9.59 Å². The summed E-state index contributed by atoms with van der Waals surface area (Å²) in [5.41, 5.74) is 1.69. The predicted molar refractivity (Wildman–Crippen MR) is 155 cm³/mol. The number of carbonyl (C=O) groups is 3. The molecule has 0 bridgehead atoms. The number of ether oxygens (including phenoxy) is 2. The standard InChI is InChI=1S/C29H32N2O5S2/c1-18-13-19(2)17-30(16-18)29(37)38-26-15-27(33)31(28(26)34)22-9-7-21(8-10-22)23(32)11-5-20-6-12-24(35-3)25(14-20)36-4/h5-12,14,18-19,26H,13,15-17H2,1-4H3/b11-5+/t18-,19+,26-/m0/s1. The van der Waals surface area contributed by atoms with Crippen LogP contribution in [0.25, 0.3) is 6.08 Å². The molecule has 3 atom stereocenters. The molecule has 2 fully saturated rings. The molecule has 9 heteroatoms. The molecule has 0 radical (unpaired) electrons. The fourth-order valence-electron chi connectivity index (χ4n) is 4.98. The number of rotatable bonds is 7. The van der Waals surface area contributed by atoms with E-state index in [1.54, 1.807) is 56.7 Å². The van der Waals surface area contributed by atoms with Crippen LogP contribution in [0, 0.1) is 11.8 Å². The Hall–Kier alpha value is -3.17. The summed E-state index contributed by atoms with van der Waals surface area (Å²) in [5, 5.41) is -0.534. The van der Waals surface area contributed by atoms with Gasteiger partial charge in [-0.05, 0) is 66.3 Å². The highest BCUT2D eigenvalue weighted by atomic mass is 32.2. The molecule has 2 aliphatic heterocycles. The minimum absolute atomic E-state index is 0.108. The van der Waals surface area contributed by atoms with E-state index in [-0.39, 0.29) is 24.0 Å². The third-order valence-corrected chi connectivity index (χ3v) is 8.38. The largest absolute Gasteiger partial charge is 0.493 e. The summed E-state index contributed by atoms with van der Waals surface area (Å²) < 4.78 is 11.2. The van der Waals surface area contributed by atoms with Gasteiger partial charge in [0, 0.05) is 25.1 Å². The van der Waals surface area contributed by atoms with Crippen LogP contribution in [0.2, 0.25) is 0 Å². The summed E-state index contributed by atoms with van der Waals surface area (Å²) >= 11 is 6.96. The predicted octanol–water partition coefficient (Wildman–Crippen LogP) is 5.23. The number of hydrogen-bond acceptors (Lipinski definition) is 7. The highest BCUT2D eigenvalue weighted by Crippen LogP contribution is 2.33. The smallest absolute Gasteiger partial charge is 0.247 e. The van der Waals surface area contributed by atoms with Crippen LogP contribution in [-0.4, -0.2) is 59.4 Å². The van der Waals surface area contributed by atoms with Gasteiger partial charge in [0.1, 0.15) is 9.57 Å². The number of thioether (sulfide) groups is 1. The Kier molecular flexibility index (Phi) is 8.89. The number of methoxy groups -OCH3 is 2. The molecule has 2 aromatic carbocycles. The van der Waals surface area contributed by atoms with Crippen LogP contribution >= 0.6 is 24.0 Å². The second kappa shape index (κ2) is 12.1. The lowest BCUT2D eigenvalue weighted by Gasteiger charge is -2.36. The van der Waals surface area contributed by atoms with Gasteiger partial charge in [-0.3, -0.25) is 14.4 Å². The molecule has 2 aromatic rings. The molecule has 0 aliphatic carbocycles. The van der Waals surface area contributed by atoms with Gasteiger partial charge < -0.3 is 14.4 Å². The van der Waals surface area contributed by atoms with Gasteiger partial charge in [-0.15, -0.1) is 0 Å². The monoisotopic (exact) mass is 552 g/mol. The average molecular weight is 553 g/mol. The Labute approximate surface area is 233 Å². The highest BCUT2D eigenvalue weighted by molar-refractivity contribution is 8.23. The first kappa shape index (κ1) is 27.9. The van der Waals surface area contributed by atoms with E-state index in [4.69, 9.17) is 21.7 Å². The number of allylic oxidation sites excluding steroid dienone is 1. The highest BCUT2D eigenvalue weighted by Gasteiger charge is 2.41. The van der Waals surface area contributed by atoms with Crippen molar-refractivity contribution in [2.24, 2.45) is 11.8 Å². The molecule has 2 heterocycles. The fraction of sp³-hybridized carbons (Fsp3) is 0.379. The van der Waals surface area contributed by atoms with E-state index < -0.39 is 5.25 Å². The average Bonchev–Trinajstić information content (AvgIpc) is 3.18. The Bertz CT molecular complexity index is 1250. The van der Waals surface area contributed by atoms with Crippen LogP contribution in [0.5, 0.6) is 11.5 Å². The van der Waals surface area contributed by atoms with Crippen molar-refractivity contribution in [3.63, 3.8) is 0 Å². The number of imide groups is 1. The maximum atomic E-state index is 13.1. The second-order valence-corrected chi connectivity index (χ2v) is 11.7. The van der Waals surface area contributed by atoms with Crippen molar-refractivity contribution >= 4 is 57.7 Å². The Morgan fingerprint density at radius 2 is 1.66 bits per heavy atom. The molecular weight excluding hydrogens is 520 g/mol. The molecule has 2 amide bonds. The van der Waals surface area contributed by atoms with Crippen LogP contribution < -0.4 is 14.4 Å². The van der Waals surface area contributed by atoms with Gasteiger partial charge in [0.05, 0.1) is 19.9 Å². The third kappa shape index (κ3) is 6.27. The van der Waals surface area contributed by atoms with Gasteiger partial charge in [-0.2, -0.15) is 0 Å². The zero-order valence-corrected chi connectivity index (χ0v) is 23.6. The molecule has 38 heavy (non-hydrogen) atoms. The van der Waals surface area contributed by atoms with Crippen LogP contribution in [0.3, 0.4) is 0 Å². The summed E-state index contributed by atoms with van der Waals surface area (Å²) in [6, 6.07) is 11.9. The van der Waals surface area contributed by atoms with Gasteiger partial charge in [-0.1, -0.05) is 50.0 Å². The molecular formula is C29H32N2O5S2. The Morgan fingerprint density at radius 1 is 1.00 bits per heavy atom. The van der Waals surface area contributed by atoms with Gasteiger partial charge in [0.25, 0.3) is 0 Å². The molecule has 200 valence electrons. The minimum atomic E-state index is -0.534. The summed E-state index contributed by atoms with van der Waals surface area (Å²) in [6.07, 6.45) is 4.44. The van der Waals surface area contributed by atoms with E-state index in [1.807, 2.05) is 6.07 Å². The van der Waals surface area contributed by atoms with E-state index in [0.29, 0.717) is 38.9 Å². The van der Waals surface area contributed by atoms with E-state index in [2.05, 4.69) is 18.7 Å². The summed E-state index contributed by atoms with van der Waals surface area (Å²) in [7, 11) is 3.12. The molecule has 0 aromatic heterocycles. The lowest BCUT2D eigenvalue weighted by Crippen LogP contribution is -2.41. The first-order chi connectivity index (χ1) is 18.2. The minimum Gasteiger partial charge on any atom is -0.493 e. The lowest BCUT2D eigenvalue weighted by molar-refractivity contribution is -0.121. The SMILES string of the molecule is COc1ccc(/C=C/C(=O)c2ccc(N3C(=O)C[C@H](SC(=S)N4C[C@H](C)C[C@H](C)C4)C3=O)cc2)cc1OC. The normalized spacial score (nSPS) is 21.7. The van der Waals surface area contributed by atoms with Crippen molar-refractivity contribution < 1.29 is 23.9 Å². The fourth-order valence-corrected chi connectivity index (χ4v) is 6.45. The van der Waals surface area contributed by atoms with E-state index >= 15 is 0 Å². The number of thiocarbonyl (C=S) groups is 1. The van der Waals surface area contributed by atoms with E-state index in [0.717, 1.165) is 18.7 Å². The van der Waals surface area contributed by atoms with Gasteiger partial charge >= 0.3 is 0 Å². The number of likely N-dealkylation sites (tertiary alicyclic amines) is 1. The number of nitrogens with zero attached hydrogens (tertiary/aromatic N) is 2. The lowest BCUT2D eigenvalue weighted by atomic mass is 9.92. The zero-order chi connectivity index (χ0) is 27.4. The molecule has 0 unspecified atom stereocenters. The maximum absolute atomic E-state index is 13.1. The first-order valence-corrected chi connectivity index (χ1v) is 13.9. The number of benzene rings is 2. The van der Waals surface area contributed by atoms with Gasteiger partial charge in [0.2, 0.25) is 11.8 Å². The molecule has 7 nitrogen and oxygen atoms in total. The Morgan fingerprint density at radius 3 is 2.29 bits per heavy atom. The summed E-state index contributed by atoms with van der Waals surface area (Å²) in [6.45, 7) is 6.18. The van der Waals surface area contributed by atoms with Crippen LogP contribution in [0.4, 0.5) is 5.69 Å². The second-order valence-electron chi connectivity index (χ2n) is 9.85. The zero-order valence-electron chi connectivity index (χ0n) is 22.0. The van der Waals surface area contributed by atoms with Crippen molar-refractivity contribution in [3.05, 3.63) is 59.7 Å². The van der Waals surface area contributed by atoms with Gasteiger partial charge in [-0.25, -0.2) is 4.90 Å². The Balaban J connectivity index is 1.39. The maximum Gasteiger partial charge on any atom is 0.247 e. The first-order valence-electron chi connectivity index (χ1n) is 12.6. The third-order valence-electron chi connectivity index (χ3n) is 6.72. The molecule has 0 saturated carbocycles. The summed E-state index contributed by atoms with van der Waals surface area (Å²) in [4.78, 5) is 42.0. The number of hydrogen-bond donors (Lipinski definition) is 0. The van der Waals surface area contributed by atoms with Crippen molar-refractivity contribution in [1.82, 2.24) is 4.90 Å². The quantitative estimate of drug-likeness (QED) is 0.200. The number of carbonyl (C=O) groups excluding carboxylic acids is 3. The van der Waals surface area contributed by atoms with E-state index in [1.165, 1.54) is 29.2 Å². The molecule has 4 rings (SSSR count). The van der Waals surface area contributed by atoms with Crippen molar-refractivity contribution in [2.45, 2.75) is 31.9 Å². The number of piperidine rings is 1. The van der Waals surface area contributed by atoms with Crippen molar-refractivity contribution in [1.29, 1.82) is 0 Å². The van der Waals surface area contributed by atoms with Crippen molar-refractivity contribution in [2.75, 3.05) is 32.2 Å². The molecule has 0 N–H and O–H groups in total. The van der Waals surface area contributed by atoms with Crippen LogP contribution in [0.15, 0.2) is 48.5 Å². The number of ketones is 1.